The van der Waals surface area contributed by atoms with Crippen molar-refractivity contribution >= 4 is 17.9 Å². The van der Waals surface area contributed by atoms with E-state index in [9.17, 15) is 14.4 Å². The summed E-state index contributed by atoms with van der Waals surface area (Å²) >= 11 is 0. The van der Waals surface area contributed by atoms with E-state index in [1.807, 2.05) is 115 Å². The molecule has 0 heterocycles. The van der Waals surface area contributed by atoms with Crippen molar-refractivity contribution in [2.24, 2.45) is 0 Å². The van der Waals surface area contributed by atoms with Gasteiger partial charge in [0.2, 0.25) is 0 Å². The van der Waals surface area contributed by atoms with Crippen molar-refractivity contribution in [2.45, 2.75) is 162 Å². The van der Waals surface area contributed by atoms with Gasteiger partial charge in [-0.3, -0.25) is 14.4 Å². The molecular formula is C54H80O6. The zero-order valence-electron chi connectivity index (χ0n) is 37.6. The molecule has 0 aliphatic heterocycles. The molecular weight excluding hydrogens is 745 g/mol. The fourth-order valence-corrected chi connectivity index (χ4v) is 5.44. The predicted octanol–water partition coefficient (Wildman–Crippen LogP) is 14.9. The van der Waals surface area contributed by atoms with E-state index in [1.54, 1.807) is 0 Å². The van der Waals surface area contributed by atoms with Gasteiger partial charge in [-0.15, -0.1) is 0 Å². The lowest BCUT2D eigenvalue weighted by molar-refractivity contribution is -0.167. The van der Waals surface area contributed by atoms with Crippen molar-refractivity contribution in [2.75, 3.05) is 13.2 Å². The molecule has 0 aliphatic carbocycles. The molecule has 6 nitrogen and oxygen atoms in total. The molecule has 0 spiro atoms. The smallest absolute Gasteiger partial charge is 0.306 e. The highest BCUT2D eigenvalue weighted by molar-refractivity contribution is 5.71. The van der Waals surface area contributed by atoms with E-state index >= 15 is 0 Å². The second-order valence-electron chi connectivity index (χ2n) is 14.5. The Bertz CT molecular complexity index is 1410. The molecule has 0 aromatic carbocycles. The molecule has 0 rings (SSSR count). The van der Waals surface area contributed by atoms with E-state index in [4.69, 9.17) is 14.2 Å². The SMILES string of the molecule is CC\C=C/C=C\C=C/C=C\C=C/CCCC(=O)OC(COC(=O)CCCCC\C=C/C=C/C=C\C=C/C=C\C=C/CC)COC(=O)CCCCCCC/C=C\CCCCC. The van der Waals surface area contributed by atoms with Gasteiger partial charge in [0.1, 0.15) is 13.2 Å². The van der Waals surface area contributed by atoms with Crippen molar-refractivity contribution in [3.8, 4) is 0 Å². The number of unbranched alkanes of at least 4 members (excludes halogenated alkanes) is 12. The third-order valence-electron chi connectivity index (χ3n) is 8.85. The fourth-order valence-electron chi connectivity index (χ4n) is 5.44. The molecule has 0 radical (unpaired) electrons. The predicted molar refractivity (Wildman–Crippen MR) is 255 cm³/mol. The molecule has 0 bridgehead atoms. The lowest BCUT2D eigenvalue weighted by atomic mass is 10.1. The summed E-state index contributed by atoms with van der Waals surface area (Å²) in [7, 11) is 0. The quantitative estimate of drug-likeness (QED) is 0.0203. The van der Waals surface area contributed by atoms with E-state index in [0.717, 1.165) is 64.2 Å². The molecule has 0 aliphatic rings. The summed E-state index contributed by atoms with van der Waals surface area (Å²) in [5, 5.41) is 0. The van der Waals surface area contributed by atoms with Crippen molar-refractivity contribution in [1.29, 1.82) is 0 Å². The number of carbonyl (C=O) groups excluding carboxylic acids is 3. The lowest BCUT2D eigenvalue weighted by Gasteiger charge is -2.18. The minimum atomic E-state index is -0.842. The highest BCUT2D eigenvalue weighted by atomic mass is 16.6. The van der Waals surface area contributed by atoms with Gasteiger partial charge >= 0.3 is 17.9 Å². The number of hydrogen-bond acceptors (Lipinski definition) is 6. The lowest BCUT2D eigenvalue weighted by Crippen LogP contribution is -2.30. The number of esters is 3. The average molecular weight is 825 g/mol. The molecule has 0 N–H and O–H groups in total. The van der Waals surface area contributed by atoms with Gasteiger partial charge in [0.05, 0.1) is 0 Å². The van der Waals surface area contributed by atoms with Crippen LogP contribution in [0.3, 0.4) is 0 Å². The summed E-state index contributed by atoms with van der Waals surface area (Å²) in [6.07, 6.45) is 66.9. The van der Waals surface area contributed by atoms with Crippen LogP contribution in [0.2, 0.25) is 0 Å². The van der Waals surface area contributed by atoms with E-state index in [2.05, 4.69) is 51.2 Å². The molecule has 6 heteroatoms. The highest BCUT2D eigenvalue weighted by Crippen LogP contribution is 2.11. The Hall–Kier alpha value is -4.71. The Morgan fingerprint density at radius 1 is 0.350 bits per heavy atom. The van der Waals surface area contributed by atoms with Crippen LogP contribution in [0.15, 0.2) is 146 Å². The summed E-state index contributed by atoms with van der Waals surface area (Å²) in [4.78, 5) is 37.8. The van der Waals surface area contributed by atoms with Gasteiger partial charge in [0.15, 0.2) is 6.10 Å². The van der Waals surface area contributed by atoms with Crippen LogP contribution in [0.4, 0.5) is 0 Å². The molecule has 332 valence electrons. The monoisotopic (exact) mass is 825 g/mol. The number of carbonyl (C=O) groups is 3. The molecule has 0 amide bonds. The number of hydrogen-bond donors (Lipinski definition) is 0. The first-order chi connectivity index (χ1) is 29.5. The Morgan fingerprint density at radius 3 is 1.13 bits per heavy atom. The van der Waals surface area contributed by atoms with Crippen molar-refractivity contribution in [1.82, 2.24) is 0 Å². The first kappa shape index (κ1) is 55.3. The Balaban J connectivity index is 4.64. The molecule has 0 aromatic rings. The standard InChI is InChI=1S/C54H80O6/c1-4-7-10-13-16-19-22-25-26-27-28-30-32-35-38-41-44-47-53(56)59-50-51(49-58-52(55)46-43-40-37-34-31-24-21-18-15-12-9-6-3)60-54(57)48-45-42-39-36-33-29-23-20-17-14-11-8-5-2/h7-8,10-11,13-14,16-23,25-30,32-33,36,39,51H,4-6,9,12,15,24,31,34-35,37-38,40-50H2,1-3H3/b10-7-,11-8-,16-13-,17-14-,21-18-,22-19-,23-20-,26-25-,28-27+,32-30-,33-29-,39-36-. The number of rotatable bonds is 38. The molecule has 60 heavy (non-hydrogen) atoms. The minimum Gasteiger partial charge on any atom is -0.462 e. The molecule has 1 unspecified atom stereocenters. The second kappa shape index (κ2) is 47.0. The van der Waals surface area contributed by atoms with E-state index in [-0.39, 0.29) is 38.0 Å². The van der Waals surface area contributed by atoms with Crippen LogP contribution in [-0.2, 0) is 28.6 Å². The van der Waals surface area contributed by atoms with Gasteiger partial charge < -0.3 is 14.2 Å². The van der Waals surface area contributed by atoms with Crippen LogP contribution in [-0.4, -0.2) is 37.2 Å². The van der Waals surface area contributed by atoms with Crippen LogP contribution < -0.4 is 0 Å². The molecule has 0 saturated carbocycles. The minimum absolute atomic E-state index is 0.133. The first-order valence-corrected chi connectivity index (χ1v) is 23.0. The van der Waals surface area contributed by atoms with E-state index in [0.29, 0.717) is 25.7 Å². The summed E-state index contributed by atoms with van der Waals surface area (Å²) in [5.74, 6) is -1.08. The van der Waals surface area contributed by atoms with E-state index < -0.39 is 12.1 Å². The zero-order chi connectivity index (χ0) is 43.7. The van der Waals surface area contributed by atoms with Crippen LogP contribution in [0.5, 0.6) is 0 Å². The summed E-state index contributed by atoms with van der Waals surface area (Å²) in [6, 6.07) is 0. The molecule has 0 saturated heterocycles. The third kappa shape index (κ3) is 44.4. The Labute approximate surface area is 366 Å². The first-order valence-electron chi connectivity index (χ1n) is 23.0. The fraction of sp³-hybridized carbons (Fsp3) is 0.500. The third-order valence-corrected chi connectivity index (χ3v) is 8.85. The Kier molecular flexibility index (Phi) is 43.3. The van der Waals surface area contributed by atoms with Crippen LogP contribution in [0.1, 0.15) is 156 Å². The molecule has 0 fully saturated rings. The molecule has 0 aromatic heterocycles. The number of ether oxygens (including phenoxy) is 3. The second-order valence-corrected chi connectivity index (χ2v) is 14.5. The van der Waals surface area contributed by atoms with Crippen molar-refractivity contribution < 1.29 is 28.6 Å². The highest BCUT2D eigenvalue weighted by Gasteiger charge is 2.19. The van der Waals surface area contributed by atoms with Gasteiger partial charge in [0, 0.05) is 19.3 Å². The largest absolute Gasteiger partial charge is 0.462 e. The summed E-state index contributed by atoms with van der Waals surface area (Å²) in [5.41, 5.74) is 0. The molecule has 1 atom stereocenters. The Morgan fingerprint density at radius 2 is 0.683 bits per heavy atom. The van der Waals surface area contributed by atoms with Crippen molar-refractivity contribution in [3.05, 3.63) is 146 Å². The van der Waals surface area contributed by atoms with Gasteiger partial charge in [-0.1, -0.05) is 205 Å². The van der Waals surface area contributed by atoms with Gasteiger partial charge in [-0.25, -0.2) is 0 Å². The van der Waals surface area contributed by atoms with E-state index in [1.165, 1.54) is 32.1 Å². The summed E-state index contributed by atoms with van der Waals surface area (Å²) < 4.78 is 16.6. The van der Waals surface area contributed by atoms with Crippen LogP contribution >= 0.6 is 0 Å². The normalized spacial score (nSPS) is 13.4. The average Bonchev–Trinajstić information content (AvgIpc) is 3.24. The maximum atomic E-state index is 12.7. The van der Waals surface area contributed by atoms with Gasteiger partial charge in [-0.2, -0.15) is 0 Å². The maximum Gasteiger partial charge on any atom is 0.306 e. The van der Waals surface area contributed by atoms with Crippen LogP contribution in [0.25, 0.3) is 0 Å². The number of allylic oxidation sites excluding steroid dienone is 24. The van der Waals surface area contributed by atoms with Gasteiger partial charge in [-0.05, 0) is 77.0 Å². The van der Waals surface area contributed by atoms with Crippen molar-refractivity contribution in [3.63, 3.8) is 0 Å². The van der Waals surface area contributed by atoms with Crippen LogP contribution in [0, 0.1) is 0 Å². The topological polar surface area (TPSA) is 78.9 Å². The van der Waals surface area contributed by atoms with Gasteiger partial charge in [0.25, 0.3) is 0 Å². The summed E-state index contributed by atoms with van der Waals surface area (Å²) in [6.45, 7) is 6.17. The zero-order valence-corrected chi connectivity index (χ0v) is 37.6. The maximum absolute atomic E-state index is 12.7.